The van der Waals surface area contributed by atoms with Gasteiger partial charge in [0.15, 0.2) is 11.5 Å². The molecule has 1 heterocycles. The number of hydrogen-bond acceptors (Lipinski definition) is 4. The molecule has 0 bridgehead atoms. The highest BCUT2D eigenvalue weighted by atomic mass is 16.5. The molecular weight excluding hydrogens is 516 g/mol. The quantitative estimate of drug-likeness (QED) is 0.155. The van der Waals surface area contributed by atoms with Crippen molar-refractivity contribution < 1.29 is 9.47 Å². The van der Waals surface area contributed by atoms with Gasteiger partial charge in [-0.25, -0.2) is 0 Å². The fraction of sp³-hybridized carbons (Fsp3) is 0.184. The third-order valence-corrected chi connectivity index (χ3v) is 8.42. The van der Waals surface area contributed by atoms with Crippen LogP contribution in [0.25, 0.3) is 10.8 Å². The van der Waals surface area contributed by atoms with Crippen LogP contribution in [0.5, 0.6) is 11.5 Å². The fourth-order valence-electron chi connectivity index (χ4n) is 6.36. The second kappa shape index (κ2) is 11.6. The van der Waals surface area contributed by atoms with Crippen molar-refractivity contribution >= 4 is 28.4 Å². The minimum Gasteiger partial charge on any atom is -0.490 e. The van der Waals surface area contributed by atoms with Crippen molar-refractivity contribution in [3.63, 3.8) is 0 Å². The molecule has 5 aromatic rings. The minimum absolute atomic E-state index is 0.285. The predicted molar refractivity (Wildman–Crippen MR) is 172 cm³/mol. The maximum atomic E-state index is 6.24. The minimum atomic E-state index is 0.285. The van der Waals surface area contributed by atoms with E-state index in [1.165, 1.54) is 27.6 Å². The Morgan fingerprint density at radius 3 is 2.57 bits per heavy atom. The molecule has 1 N–H and O–H groups in total. The number of nitrogens with one attached hydrogen (secondary N) is 1. The lowest BCUT2D eigenvalue weighted by molar-refractivity contribution is 0.270. The first-order valence-electron chi connectivity index (χ1n) is 14.8. The van der Waals surface area contributed by atoms with Crippen LogP contribution in [0.15, 0.2) is 126 Å². The van der Waals surface area contributed by atoms with E-state index in [1.54, 1.807) is 0 Å². The van der Waals surface area contributed by atoms with Crippen LogP contribution >= 0.6 is 0 Å². The molecule has 0 unspecified atom stereocenters. The van der Waals surface area contributed by atoms with E-state index in [0.717, 1.165) is 34.7 Å². The van der Waals surface area contributed by atoms with Gasteiger partial charge in [0.1, 0.15) is 6.61 Å². The van der Waals surface area contributed by atoms with E-state index in [1.807, 2.05) is 31.3 Å². The van der Waals surface area contributed by atoms with Crippen molar-refractivity contribution in [1.82, 2.24) is 0 Å². The maximum absolute atomic E-state index is 6.24. The highest BCUT2D eigenvalue weighted by Gasteiger charge is 2.37. The molecule has 0 saturated heterocycles. The van der Waals surface area contributed by atoms with Crippen molar-refractivity contribution in [3.8, 4) is 11.5 Å². The Morgan fingerprint density at radius 2 is 1.67 bits per heavy atom. The average Bonchev–Trinajstić information content (AvgIpc) is 3.54. The molecule has 5 aromatic carbocycles. The summed E-state index contributed by atoms with van der Waals surface area (Å²) >= 11 is 0. The number of aliphatic imine (C=N–C) groups is 1. The molecule has 4 nitrogen and oxygen atoms in total. The van der Waals surface area contributed by atoms with Crippen molar-refractivity contribution in [1.29, 1.82) is 0 Å². The summed E-state index contributed by atoms with van der Waals surface area (Å²) in [6.07, 6.45) is 7.70. The number of ether oxygens (including phenoxy) is 2. The van der Waals surface area contributed by atoms with Crippen LogP contribution in [0.1, 0.15) is 47.6 Å². The van der Waals surface area contributed by atoms with Crippen molar-refractivity contribution in [2.24, 2.45) is 10.9 Å². The van der Waals surface area contributed by atoms with E-state index in [0.29, 0.717) is 25.0 Å². The van der Waals surface area contributed by atoms with Gasteiger partial charge in [0.05, 0.1) is 18.3 Å². The van der Waals surface area contributed by atoms with Gasteiger partial charge >= 0.3 is 0 Å². The summed E-state index contributed by atoms with van der Waals surface area (Å²) in [5, 5.41) is 6.23. The number of rotatable bonds is 8. The van der Waals surface area contributed by atoms with Crippen LogP contribution in [0, 0.1) is 5.92 Å². The van der Waals surface area contributed by atoms with Crippen LogP contribution < -0.4 is 14.8 Å². The molecular formula is C38H34N2O2. The van der Waals surface area contributed by atoms with E-state index in [9.17, 15) is 0 Å². The van der Waals surface area contributed by atoms with E-state index >= 15 is 0 Å². The maximum Gasteiger partial charge on any atom is 0.161 e. The first kappa shape index (κ1) is 26.1. The molecule has 0 aromatic heterocycles. The average molecular weight is 551 g/mol. The van der Waals surface area contributed by atoms with Gasteiger partial charge in [-0.05, 0) is 88.7 Å². The highest BCUT2D eigenvalue weighted by molar-refractivity contribution is 5.85. The first-order chi connectivity index (χ1) is 20.8. The van der Waals surface area contributed by atoms with Gasteiger partial charge in [0, 0.05) is 17.8 Å². The van der Waals surface area contributed by atoms with Crippen molar-refractivity contribution in [3.05, 3.63) is 144 Å². The number of para-hydroxylation sites is 1. The monoisotopic (exact) mass is 550 g/mol. The van der Waals surface area contributed by atoms with E-state index < -0.39 is 0 Å². The van der Waals surface area contributed by atoms with Crippen LogP contribution in [-0.2, 0) is 6.61 Å². The first-order valence-corrected chi connectivity index (χ1v) is 14.8. The lowest BCUT2D eigenvalue weighted by Gasteiger charge is -2.37. The third-order valence-electron chi connectivity index (χ3n) is 8.42. The Bertz CT molecular complexity index is 1770. The molecule has 7 rings (SSSR count). The van der Waals surface area contributed by atoms with E-state index in [2.05, 4.69) is 108 Å². The fourth-order valence-corrected chi connectivity index (χ4v) is 6.36. The molecule has 1 aliphatic carbocycles. The third kappa shape index (κ3) is 5.16. The molecule has 2 aliphatic rings. The lowest BCUT2D eigenvalue weighted by atomic mass is 9.77. The number of hydrogen-bond donors (Lipinski definition) is 1. The van der Waals surface area contributed by atoms with Crippen LogP contribution in [0.2, 0.25) is 0 Å². The molecule has 1 aliphatic heterocycles. The van der Waals surface area contributed by atoms with Crippen LogP contribution in [0.4, 0.5) is 11.4 Å². The van der Waals surface area contributed by atoms with Gasteiger partial charge in [0.25, 0.3) is 0 Å². The number of allylic oxidation sites excluding steroid dienone is 2. The second-order valence-electron chi connectivity index (χ2n) is 11.0. The number of fused-ring (bicyclic) bond motifs is 4. The Morgan fingerprint density at radius 1 is 0.833 bits per heavy atom. The molecule has 3 atom stereocenters. The zero-order valence-electron chi connectivity index (χ0n) is 23.7. The topological polar surface area (TPSA) is 42.8 Å². The summed E-state index contributed by atoms with van der Waals surface area (Å²) in [7, 11) is 0. The molecule has 0 saturated carbocycles. The van der Waals surface area contributed by atoms with E-state index in [-0.39, 0.29) is 6.04 Å². The standard InChI is InChI=1S/C38H34N2O2/c1-2-41-37-23-26(17-22-36(37)42-25-29-11-7-10-27-9-3-4-12-31(27)29)24-39-30-20-18-28(19-21-30)38-34-15-8-14-32(34)33-13-5-6-16-35(33)40-38/h3-14,16-24,32,34,38,40H,2,15,25H2,1H3/t32-,34+,38-/m0/s1. The summed E-state index contributed by atoms with van der Waals surface area (Å²) in [5.41, 5.74) is 6.98. The Labute approximate surface area is 247 Å². The lowest BCUT2D eigenvalue weighted by Crippen LogP contribution is -2.28. The van der Waals surface area contributed by atoms with Crippen LogP contribution in [-0.4, -0.2) is 12.8 Å². The summed E-state index contributed by atoms with van der Waals surface area (Å²) in [5.74, 6) is 2.46. The second-order valence-corrected chi connectivity index (χ2v) is 11.0. The Kier molecular flexibility index (Phi) is 7.19. The molecule has 42 heavy (non-hydrogen) atoms. The number of benzene rings is 5. The summed E-state index contributed by atoms with van der Waals surface area (Å²) < 4.78 is 12.2. The largest absolute Gasteiger partial charge is 0.490 e. The number of nitrogens with zero attached hydrogens (tertiary/aromatic N) is 1. The van der Waals surface area contributed by atoms with Crippen LogP contribution in [0.3, 0.4) is 0 Å². The SMILES string of the molecule is CCOc1cc(C=Nc2ccc([C@@H]3Nc4ccccc4[C@@H]4C=CC[C@H]43)cc2)ccc1OCc1cccc2ccccc12. The van der Waals surface area contributed by atoms with Gasteiger partial charge in [-0.2, -0.15) is 0 Å². The molecule has 0 spiro atoms. The highest BCUT2D eigenvalue weighted by Crippen LogP contribution is 2.49. The van der Waals surface area contributed by atoms with Gasteiger partial charge in [-0.1, -0.05) is 84.9 Å². The molecule has 0 radical (unpaired) electrons. The molecule has 4 heteroatoms. The van der Waals surface area contributed by atoms with Crippen molar-refractivity contribution in [2.75, 3.05) is 11.9 Å². The Hall–Kier alpha value is -4.83. The van der Waals surface area contributed by atoms with Gasteiger partial charge in [-0.3, -0.25) is 4.99 Å². The molecule has 0 amide bonds. The normalized spacial score (nSPS) is 18.9. The zero-order chi connectivity index (χ0) is 28.3. The van der Waals surface area contributed by atoms with Gasteiger partial charge < -0.3 is 14.8 Å². The van der Waals surface area contributed by atoms with E-state index in [4.69, 9.17) is 14.5 Å². The smallest absolute Gasteiger partial charge is 0.161 e. The van der Waals surface area contributed by atoms with Gasteiger partial charge in [-0.15, -0.1) is 0 Å². The summed E-state index contributed by atoms with van der Waals surface area (Å²) in [6.45, 7) is 3.02. The number of anilines is 1. The summed E-state index contributed by atoms with van der Waals surface area (Å²) in [4.78, 5) is 4.77. The van der Waals surface area contributed by atoms with Gasteiger partial charge in [0.2, 0.25) is 0 Å². The predicted octanol–water partition coefficient (Wildman–Crippen LogP) is 9.39. The molecule has 0 fully saturated rings. The molecule has 208 valence electrons. The van der Waals surface area contributed by atoms with Crippen molar-refractivity contribution in [2.45, 2.75) is 31.9 Å². The Balaban J connectivity index is 1.06. The summed E-state index contributed by atoms with van der Waals surface area (Å²) in [6, 6.07) is 38.3. The zero-order valence-corrected chi connectivity index (χ0v) is 23.7.